The van der Waals surface area contributed by atoms with Crippen molar-refractivity contribution >= 4 is 22.8 Å². The number of rotatable bonds is 4. The first-order valence-corrected chi connectivity index (χ1v) is 10.8. The lowest BCUT2D eigenvalue weighted by Gasteiger charge is -2.29. The average molecular weight is 416 g/mol. The van der Waals surface area contributed by atoms with Crippen LogP contribution in [-0.2, 0) is 13.1 Å². The van der Waals surface area contributed by atoms with Crippen LogP contribution in [0.15, 0.2) is 42.3 Å². The van der Waals surface area contributed by atoms with Crippen LogP contribution >= 0.6 is 0 Å². The summed E-state index contributed by atoms with van der Waals surface area (Å²) in [6, 6.07) is 10.3. The Morgan fingerprint density at radius 2 is 2.10 bits per heavy atom. The third-order valence-electron chi connectivity index (χ3n) is 6.45. The van der Waals surface area contributed by atoms with Gasteiger partial charge >= 0.3 is 0 Å². The summed E-state index contributed by atoms with van der Waals surface area (Å²) in [6.07, 6.45) is 6.34. The summed E-state index contributed by atoms with van der Waals surface area (Å²) in [5.74, 6) is 2.52. The maximum atomic E-state index is 13.2. The molecule has 1 aromatic heterocycles. The van der Waals surface area contributed by atoms with E-state index in [1.807, 2.05) is 36.4 Å². The number of ether oxygens (including phenoxy) is 3. The quantitative estimate of drug-likeness (QED) is 0.582. The molecule has 0 amide bonds. The molecule has 2 aromatic carbocycles. The number of methoxy groups -OCH3 is 1. The standard InChI is InChI=1S/C25H24N2O4/c1-3-26-12-15(19-11-17(29-2)6-8-21(19)26)10-23-24(28)18-7-9-22-20(25(18)31-23)13-27(14-30-22)16-4-5-16/h6-12,16H,3-5,13-14H2,1-2H3/b23-10-. The molecule has 0 atom stereocenters. The number of hydrogen-bond acceptors (Lipinski definition) is 5. The number of benzene rings is 2. The van der Waals surface area contributed by atoms with Gasteiger partial charge in [-0.3, -0.25) is 9.69 Å². The smallest absolute Gasteiger partial charge is 0.231 e. The molecule has 31 heavy (non-hydrogen) atoms. The highest BCUT2D eigenvalue weighted by Gasteiger charge is 2.37. The molecule has 0 N–H and O–H groups in total. The van der Waals surface area contributed by atoms with E-state index >= 15 is 0 Å². The van der Waals surface area contributed by atoms with E-state index in [-0.39, 0.29) is 5.78 Å². The number of hydrogen-bond donors (Lipinski definition) is 0. The maximum Gasteiger partial charge on any atom is 0.231 e. The van der Waals surface area contributed by atoms with Gasteiger partial charge in [-0.15, -0.1) is 0 Å². The van der Waals surface area contributed by atoms with Gasteiger partial charge in [0, 0.05) is 41.8 Å². The van der Waals surface area contributed by atoms with E-state index in [2.05, 4.69) is 22.6 Å². The fourth-order valence-corrected chi connectivity index (χ4v) is 4.60. The molecule has 3 aliphatic rings. The van der Waals surface area contributed by atoms with Crippen molar-refractivity contribution in [3.63, 3.8) is 0 Å². The molecule has 6 rings (SSSR count). The number of fused-ring (bicyclic) bond motifs is 4. The first-order valence-electron chi connectivity index (χ1n) is 10.8. The van der Waals surface area contributed by atoms with Gasteiger partial charge in [0.05, 0.1) is 18.2 Å². The summed E-state index contributed by atoms with van der Waals surface area (Å²) in [5.41, 5.74) is 3.63. The third-order valence-corrected chi connectivity index (χ3v) is 6.45. The fourth-order valence-electron chi connectivity index (χ4n) is 4.60. The van der Waals surface area contributed by atoms with Gasteiger partial charge < -0.3 is 18.8 Å². The lowest BCUT2D eigenvalue weighted by atomic mass is 10.0. The van der Waals surface area contributed by atoms with Crippen molar-refractivity contribution in [3.05, 3.63) is 59.0 Å². The molecule has 0 unspecified atom stereocenters. The van der Waals surface area contributed by atoms with Gasteiger partial charge in [-0.1, -0.05) is 0 Å². The van der Waals surface area contributed by atoms with Gasteiger partial charge in [0.1, 0.15) is 24.0 Å². The molecule has 1 aliphatic carbocycles. The molecule has 1 fully saturated rings. The number of carbonyl (C=O) groups is 1. The number of carbonyl (C=O) groups excluding carboxylic acids is 1. The monoisotopic (exact) mass is 416 g/mol. The van der Waals surface area contributed by atoms with E-state index in [1.54, 1.807) is 7.11 Å². The van der Waals surface area contributed by atoms with Gasteiger partial charge in [0.15, 0.2) is 5.76 Å². The van der Waals surface area contributed by atoms with E-state index in [1.165, 1.54) is 12.8 Å². The Morgan fingerprint density at radius 3 is 2.87 bits per heavy atom. The average Bonchev–Trinajstić information content (AvgIpc) is 3.53. The highest BCUT2D eigenvalue weighted by atomic mass is 16.5. The lowest BCUT2D eigenvalue weighted by molar-refractivity contribution is 0.0868. The molecule has 0 saturated heterocycles. The van der Waals surface area contributed by atoms with Gasteiger partial charge in [-0.2, -0.15) is 0 Å². The zero-order chi connectivity index (χ0) is 21.1. The molecule has 6 nitrogen and oxygen atoms in total. The number of nitrogens with zero attached hydrogens (tertiary/aromatic N) is 2. The molecule has 2 aliphatic heterocycles. The Kier molecular flexibility index (Phi) is 4.11. The minimum Gasteiger partial charge on any atom is -0.497 e. The molecular weight excluding hydrogens is 392 g/mol. The molecule has 0 radical (unpaired) electrons. The number of allylic oxidation sites excluding steroid dienone is 1. The fraction of sp³-hybridized carbons (Fsp3) is 0.320. The highest BCUT2D eigenvalue weighted by molar-refractivity contribution is 6.15. The number of aryl methyl sites for hydroxylation is 1. The predicted octanol–water partition coefficient (Wildman–Crippen LogP) is 4.60. The minimum atomic E-state index is -0.0818. The molecule has 1 saturated carbocycles. The Balaban J connectivity index is 1.41. The van der Waals surface area contributed by atoms with Gasteiger partial charge in [0.25, 0.3) is 0 Å². The van der Waals surface area contributed by atoms with Crippen LogP contribution in [0.3, 0.4) is 0 Å². The molecule has 3 heterocycles. The third kappa shape index (κ3) is 2.93. The molecular formula is C25H24N2O4. The second-order valence-corrected chi connectivity index (χ2v) is 8.36. The summed E-state index contributed by atoms with van der Waals surface area (Å²) < 4.78 is 19.7. The van der Waals surface area contributed by atoms with Crippen LogP contribution < -0.4 is 14.2 Å². The molecule has 3 aromatic rings. The molecule has 158 valence electrons. The van der Waals surface area contributed by atoms with E-state index in [0.29, 0.717) is 29.8 Å². The number of aromatic nitrogens is 1. The van der Waals surface area contributed by atoms with Crippen molar-refractivity contribution in [2.24, 2.45) is 0 Å². The van der Waals surface area contributed by atoms with Crippen LogP contribution in [0, 0.1) is 0 Å². The second kappa shape index (κ2) is 6.89. The van der Waals surface area contributed by atoms with Crippen molar-refractivity contribution < 1.29 is 19.0 Å². The van der Waals surface area contributed by atoms with E-state index < -0.39 is 0 Å². The normalized spacial score (nSPS) is 19.3. The van der Waals surface area contributed by atoms with E-state index in [0.717, 1.165) is 46.6 Å². The zero-order valence-corrected chi connectivity index (χ0v) is 17.7. The summed E-state index contributed by atoms with van der Waals surface area (Å²) in [5, 5.41) is 1.03. The first kappa shape index (κ1) is 18.5. The highest BCUT2D eigenvalue weighted by Crippen LogP contribution is 2.44. The van der Waals surface area contributed by atoms with Gasteiger partial charge in [0.2, 0.25) is 5.78 Å². The second-order valence-electron chi connectivity index (χ2n) is 8.36. The van der Waals surface area contributed by atoms with Crippen LogP contribution in [0.4, 0.5) is 0 Å². The van der Waals surface area contributed by atoms with Gasteiger partial charge in [-0.25, -0.2) is 0 Å². The van der Waals surface area contributed by atoms with Crippen LogP contribution in [-0.4, -0.2) is 35.1 Å². The Labute approximate surface area is 180 Å². The van der Waals surface area contributed by atoms with Crippen LogP contribution in [0.5, 0.6) is 17.2 Å². The molecule has 0 spiro atoms. The summed E-state index contributed by atoms with van der Waals surface area (Å²) in [6.45, 7) is 4.30. The van der Waals surface area contributed by atoms with E-state index in [9.17, 15) is 4.79 Å². The Morgan fingerprint density at radius 1 is 1.23 bits per heavy atom. The topological polar surface area (TPSA) is 52.9 Å². The summed E-state index contributed by atoms with van der Waals surface area (Å²) in [7, 11) is 1.66. The van der Waals surface area contributed by atoms with Gasteiger partial charge in [-0.05, 0) is 56.2 Å². The largest absolute Gasteiger partial charge is 0.497 e. The number of Topliss-reactive ketones (excluding diaryl/α,β-unsaturated/α-hetero) is 1. The molecule has 6 heteroatoms. The van der Waals surface area contributed by atoms with Crippen molar-refractivity contribution in [2.45, 2.75) is 38.9 Å². The van der Waals surface area contributed by atoms with Crippen molar-refractivity contribution in [1.82, 2.24) is 9.47 Å². The van der Waals surface area contributed by atoms with Crippen LogP contribution in [0.25, 0.3) is 17.0 Å². The first-order chi connectivity index (χ1) is 15.2. The predicted molar refractivity (Wildman–Crippen MR) is 118 cm³/mol. The van der Waals surface area contributed by atoms with Crippen LogP contribution in [0.1, 0.15) is 41.3 Å². The zero-order valence-electron chi connectivity index (χ0n) is 17.7. The van der Waals surface area contributed by atoms with Crippen LogP contribution in [0.2, 0.25) is 0 Å². The Bertz CT molecular complexity index is 1250. The maximum absolute atomic E-state index is 13.2. The minimum absolute atomic E-state index is 0.0818. The number of ketones is 1. The van der Waals surface area contributed by atoms with Crippen molar-refractivity contribution in [1.29, 1.82) is 0 Å². The van der Waals surface area contributed by atoms with Crippen molar-refractivity contribution in [3.8, 4) is 17.2 Å². The van der Waals surface area contributed by atoms with Crippen molar-refractivity contribution in [2.75, 3.05) is 13.8 Å². The Hall–Kier alpha value is -3.25. The summed E-state index contributed by atoms with van der Waals surface area (Å²) in [4.78, 5) is 15.5. The lowest BCUT2D eigenvalue weighted by Crippen LogP contribution is -2.33. The SMILES string of the molecule is CCn1cc(/C=C2\Oc3c(ccc4c3CN(C3CC3)CO4)C2=O)c2cc(OC)ccc21. The summed E-state index contributed by atoms with van der Waals surface area (Å²) >= 11 is 0. The molecule has 0 bridgehead atoms. The van der Waals surface area contributed by atoms with E-state index in [4.69, 9.17) is 14.2 Å².